The lowest BCUT2D eigenvalue weighted by Gasteiger charge is -2.05. The number of halogens is 1. The highest BCUT2D eigenvalue weighted by atomic mass is 35.5. The van der Waals surface area contributed by atoms with Crippen molar-refractivity contribution in [1.82, 2.24) is 24.6 Å². The summed E-state index contributed by atoms with van der Waals surface area (Å²) in [5.74, 6) is 0.584. The molecule has 3 aromatic heterocycles. The third-order valence-electron chi connectivity index (χ3n) is 2.56. The second kappa shape index (κ2) is 4.36. The minimum Gasteiger partial charge on any atom is -0.382 e. The Morgan fingerprint density at radius 3 is 2.89 bits per heavy atom. The van der Waals surface area contributed by atoms with Gasteiger partial charge in [0.2, 0.25) is 5.95 Å². The number of fused-ring (bicyclic) bond motifs is 1. The highest BCUT2D eigenvalue weighted by Crippen LogP contribution is 2.19. The third-order valence-corrected chi connectivity index (χ3v) is 2.85. The highest BCUT2D eigenvalue weighted by Gasteiger charge is 2.05. The Kier molecular flexibility index (Phi) is 2.68. The largest absolute Gasteiger partial charge is 0.382 e. The molecule has 0 bridgehead atoms. The van der Waals surface area contributed by atoms with Crippen molar-refractivity contribution in [2.45, 2.75) is 6.92 Å². The number of imidazole rings is 1. The molecule has 0 atom stereocenters. The van der Waals surface area contributed by atoms with Gasteiger partial charge in [-0.25, -0.2) is 14.5 Å². The van der Waals surface area contributed by atoms with Gasteiger partial charge in [0.1, 0.15) is 10.8 Å². The van der Waals surface area contributed by atoms with Crippen molar-refractivity contribution in [3.05, 3.63) is 35.4 Å². The maximum atomic E-state index is 5.76. The van der Waals surface area contributed by atoms with Gasteiger partial charge in [0, 0.05) is 6.07 Å². The van der Waals surface area contributed by atoms with Crippen LogP contribution in [0.25, 0.3) is 5.65 Å². The number of aryl methyl sites for hydroxylation is 1. The van der Waals surface area contributed by atoms with Gasteiger partial charge in [-0.05, 0) is 6.92 Å². The van der Waals surface area contributed by atoms with E-state index in [2.05, 4.69) is 25.4 Å². The van der Waals surface area contributed by atoms with Gasteiger partial charge in [-0.2, -0.15) is 10.1 Å². The molecule has 3 N–H and O–H groups in total. The number of nitrogens with one attached hydrogen (secondary N) is 1. The zero-order valence-electron chi connectivity index (χ0n) is 10.0. The SMILES string of the molecule is Cc1cnc2cc(Nc3ncc(Cl)c(N)n3)cnn12. The second-order valence-electron chi connectivity index (χ2n) is 3.97. The van der Waals surface area contributed by atoms with Crippen LogP contribution in [0.4, 0.5) is 17.5 Å². The number of nitrogen functional groups attached to an aromatic ring is 1. The van der Waals surface area contributed by atoms with E-state index in [-0.39, 0.29) is 5.82 Å². The minimum atomic E-state index is 0.227. The molecule has 3 rings (SSSR count). The molecule has 7 nitrogen and oxygen atoms in total. The normalized spacial score (nSPS) is 10.8. The molecule has 0 radical (unpaired) electrons. The fourth-order valence-corrected chi connectivity index (χ4v) is 1.72. The van der Waals surface area contributed by atoms with Crippen molar-refractivity contribution < 1.29 is 0 Å². The average molecular weight is 276 g/mol. The van der Waals surface area contributed by atoms with Crippen molar-refractivity contribution in [2.75, 3.05) is 11.1 Å². The van der Waals surface area contributed by atoms with Gasteiger partial charge < -0.3 is 11.1 Å². The van der Waals surface area contributed by atoms with Gasteiger partial charge in [-0.1, -0.05) is 11.6 Å². The molecule has 0 amide bonds. The van der Waals surface area contributed by atoms with Crippen LogP contribution >= 0.6 is 11.6 Å². The minimum absolute atomic E-state index is 0.227. The van der Waals surface area contributed by atoms with E-state index >= 15 is 0 Å². The summed E-state index contributed by atoms with van der Waals surface area (Å²) in [5.41, 5.74) is 8.04. The Hall–Kier alpha value is -2.41. The fraction of sp³-hybridized carbons (Fsp3) is 0.0909. The van der Waals surface area contributed by atoms with E-state index in [0.29, 0.717) is 11.0 Å². The van der Waals surface area contributed by atoms with E-state index in [4.69, 9.17) is 17.3 Å². The first kappa shape index (κ1) is 11.7. The van der Waals surface area contributed by atoms with Crippen molar-refractivity contribution in [1.29, 1.82) is 0 Å². The number of hydrogen-bond acceptors (Lipinski definition) is 6. The molecular formula is C11H10ClN7. The molecule has 0 aliphatic rings. The van der Waals surface area contributed by atoms with Crippen LogP contribution < -0.4 is 11.1 Å². The van der Waals surface area contributed by atoms with E-state index < -0.39 is 0 Å². The molecule has 96 valence electrons. The van der Waals surface area contributed by atoms with Crippen molar-refractivity contribution >= 4 is 34.7 Å². The molecule has 3 aromatic rings. The Balaban J connectivity index is 1.94. The van der Waals surface area contributed by atoms with Gasteiger partial charge in [0.15, 0.2) is 5.65 Å². The number of hydrogen-bond donors (Lipinski definition) is 2. The standard InChI is InChI=1S/C11H10ClN7/c1-6-3-14-9-2-7(4-16-19(6)9)17-11-15-5-8(12)10(13)18-11/h2-5H,1H3,(H3,13,15,17,18). The first-order chi connectivity index (χ1) is 9.13. The summed E-state index contributed by atoms with van der Waals surface area (Å²) in [7, 11) is 0. The summed E-state index contributed by atoms with van der Waals surface area (Å²) >= 11 is 5.76. The molecular weight excluding hydrogens is 266 g/mol. The molecule has 8 heteroatoms. The zero-order chi connectivity index (χ0) is 13.4. The third kappa shape index (κ3) is 2.15. The monoisotopic (exact) mass is 275 g/mol. The summed E-state index contributed by atoms with van der Waals surface area (Å²) in [4.78, 5) is 12.3. The summed E-state index contributed by atoms with van der Waals surface area (Å²) < 4.78 is 1.74. The molecule has 0 aromatic carbocycles. The maximum Gasteiger partial charge on any atom is 0.229 e. The number of anilines is 3. The van der Waals surface area contributed by atoms with Crippen LogP contribution in [0.5, 0.6) is 0 Å². The molecule has 0 spiro atoms. The summed E-state index contributed by atoms with van der Waals surface area (Å²) in [6, 6.07) is 1.84. The predicted octanol–water partition coefficient (Wildman–Crippen LogP) is 1.81. The first-order valence-corrected chi connectivity index (χ1v) is 5.87. The topological polar surface area (TPSA) is 94.0 Å². The first-order valence-electron chi connectivity index (χ1n) is 5.49. The zero-order valence-corrected chi connectivity index (χ0v) is 10.8. The van der Waals surface area contributed by atoms with E-state index in [0.717, 1.165) is 17.0 Å². The van der Waals surface area contributed by atoms with Crippen LogP contribution in [-0.2, 0) is 0 Å². The van der Waals surface area contributed by atoms with Crippen LogP contribution in [0, 0.1) is 6.92 Å². The second-order valence-corrected chi connectivity index (χ2v) is 4.37. The number of nitrogens with two attached hydrogens (primary N) is 1. The van der Waals surface area contributed by atoms with Gasteiger partial charge >= 0.3 is 0 Å². The van der Waals surface area contributed by atoms with Gasteiger partial charge in [-0.3, -0.25) is 0 Å². The van der Waals surface area contributed by atoms with E-state index in [9.17, 15) is 0 Å². The quantitative estimate of drug-likeness (QED) is 0.741. The van der Waals surface area contributed by atoms with Crippen LogP contribution in [0.1, 0.15) is 5.69 Å². The molecule has 19 heavy (non-hydrogen) atoms. The van der Waals surface area contributed by atoms with Crippen molar-refractivity contribution in [3.8, 4) is 0 Å². The van der Waals surface area contributed by atoms with E-state index in [1.807, 2.05) is 13.0 Å². The lowest BCUT2D eigenvalue weighted by atomic mass is 10.4. The summed E-state index contributed by atoms with van der Waals surface area (Å²) in [5, 5.41) is 7.57. The lowest BCUT2D eigenvalue weighted by Crippen LogP contribution is -2.02. The smallest absolute Gasteiger partial charge is 0.229 e. The van der Waals surface area contributed by atoms with Crippen LogP contribution in [0.2, 0.25) is 5.02 Å². The van der Waals surface area contributed by atoms with Gasteiger partial charge in [0.25, 0.3) is 0 Å². The molecule has 0 aliphatic heterocycles. The lowest BCUT2D eigenvalue weighted by molar-refractivity contribution is 0.900. The summed E-state index contributed by atoms with van der Waals surface area (Å²) in [6.45, 7) is 1.93. The number of nitrogens with zero attached hydrogens (tertiary/aromatic N) is 5. The van der Waals surface area contributed by atoms with Crippen LogP contribution in [0.3, 0.4) is 0 Å². The Morgan fingerprint density at radius 1 is 1.26 bits per heavy atom. The molecule has 0 unspecified atom stereocenters. The van der Waals surface area contributed by atoms with Crippen molar-refractivity contribution in [3.63, 3.8) is 0 Å². The molecule has 0 aliphatic carbocycles. The molecule has 0 saturated heterocycles. The fourth-order valence-electron chi connectivity index (χ4n) is 1.63. The van der Waals surface area contributed by atoms with Crippen LogP contribution in [-0.4, -0.2) is 24.6 Å². The van der Waals surface area contributed by atoms with Gasteiger partial charge in [-0.15, -0.1) is 0 Å². The van der Waals surface area contributed by atoms with E-state index in [1.54, 1.807) is 16.9 Å². The van der Waals surface area contributed by atoms with E-state index in [1.165, 1.54) is 6.20 Å². The Bertz CT molecular complexity index is 752. The average Bonchev–Trinajstić information content (AvgIpc) is 2.75. The number of aromatic nitrogens is 5. The predicted molar refractivity (Wildman–Crippen MR) is 72.5 cm³/mol. The van der Waals surface area contributed by atoms with Crippen LogP contribution in [0.15, 0.2) is 24.7 Å². The molecule has 0 saturated carbocycles. The Labute approximate surface area is 113 Å². The maximum absolute atomic E-state index is 5.76. The Morgan fingerprint density at radius 2 is 2.11 bits per heavy atom. The number of rotatable bonds is 2. The van der Waals surface area contributed by atoms with Crippen molar-refractivity contribution in [2.24, 2.45) is 0 Å². The molecule has 0 fully saturated rings. The molecule has 3 heterocycles. The van der Waals surface area contributed by atoms with Gasteiger partial charge in [0.05, 0.1) is 30.0 Å². The highest BCUT2D eigenvalue weighted by molar-refractivity contribution is 6.32. The summed E-state index contributed by atoms with van der Waals surface area (Å²) in [6.07, 6.45) is 4.86.